The molecule has 0 amide bonds. The highest BCUT2D eigenvalue weighted by Gasteiger charge is 2.12. The monoisotopic (exact) mass is 305 g/mol. The van der Waals surface area contributed by atoms with Crippen molar-refractivity contribution in [2.75, 3.05) is 12.4 Å². The minimum atomic E-state index is 0.579. The normalized spacial score (nSPS) is 10.5. The van der Waals surface area contributed by atoms with E-state index in [0.717, 1.165) is 46.4 Å². The molecule has 2 aromatic rings. The fraction of sp³-hybridized carbons (Fsp3) is 0.375. The van der Waals surface area contributed by atoms with Crippen molar-refractivity contribution in [1.82, 2.24) is 9.97 Å². The Morgan fingerprint density at radius 2 is 1.95 bits per heavy atom. The van der Waals surface area contributed by atoms with Gasteiger partial charge in [-0.05, 0) is 37.1 Å². The summed E-state index contributed by atoms with van der Waals surface area (Å²) in [6.07, 6.45) is 1.62. The molecule has 0 spiro atoms. The number of benzene rings is 1. The maximum absolute atomic E-state index is 6.13. The lowest BCUT2D eigenvalue weighted by atomic mass is 10.1. The summed E-state index contributed by atoms with van der Waals surface area (Å²) in [5, 5.41) is 3.83. The van der Waals surface area contributed by atoms with Crippen molar-refractivity contribution < 1.29 is 4.74 Å². The van der Waals surface area contributed by atoms with Gasteiger partial charge in [-0.1, -0.05) is 25.4 Å². The molecule has 0 radical (unpaired) electrons. The highest BCUT2D eigenvalue weighted by Crippen LogP contribution is 2.29. The molecule has 0 saturated carbocycles. The fourth-order valence-electron chi connectivity index (χ4n) is 2.04. The van der Waals surface area contributed by atoms with Crippen molar-refractivity contribution in [3.63, 3.8) is 0 Å². The number of aryl methyl sites for hydroxylation is 2. The fourth-order valence-corrected chi connectivity index (χ4v) is 2.29. The van der Waals surface area contributed by atoms with Crippen molar-refractivity contribution in [3.8, 4) is 11.6 Å². The van der Waals surface area contributed by atoms with E-state index in [1.165, 1.54) is 0 Å². The summed E-state index contributed by atoms with van der Waals surface area (Å²) in [5.74, 6) is 2.86. The van der Waals surface area contributed by atoms with Crippen molar-refractivity contribution in [2.24, 2.45) is 0 Å². The molecule has 112 valence electrons. The van der Waals surface area contributed by atoms with E-state index in [1.807, 2.05) is 39.1 Å². The summed E-state index contributed by atoms with van der Waals surface area (Å²) in [5.41, 5.74) is 1.95. The predicted octanol–water partition coefficient (Wildman–Crippen LogP) is 4.40. The molecule has 0 fully saturated rings. The van der Waals surface area contributed by atoms with Crippen LogP contribution in [0.4, 0.5) is 5.82 Å². The first kappa shape index (κ1) is 15.6. The summed E-state index contributed by atoms with van der Waals surface area (Å²) in [6, 6.07) is 5.66. The number of nitrogens with one attached hydrogen (secondary N) is 1. The van der Waals surface area contributed by atoms with Crippen molar-refractivity contribution in [2.45, 2.75) is 33.6 Å². The molecule has 1 heterocycles. The minimum Gasteiger partial charge on any atom is -0.439 e. The van der Waals surface area contributed by atoms with Gasteiger partial charge in [-0.15, -0.1) is 0 Å². The first-order chi connectivity index (χ1) is 10.1. The topological polar surface area (TPSA) is 47.0 Å². The van der Waals surface area contributed by atoms with Crippen LogP contribution in [0.3, 0.4) is 0 Å². The van der Waals surface area contributed by atoms with Crippen LogP contribution in [0.1, 0.15) is 30.8 Å². The molecule has 0 aliphatic heterocycles. The molecule has 0 aliphatic rings. The van der Waals surface area contributed by atoms with E-state index in [-0.39, 0.29) is 0 Å². The van der Waals surface area contributed by atoms with Gasteiger partial charge in [-0.25, -0.2) is 4.98 Å². The lowest BCUT2D eigenvalue weighted by molar-refractivity contribution is 0.454. The highest BCUT2D eigenvalue weighted by molar-refractivity contribution is 6.31. The van der Waals surface area contributed by atoms with Crippen LogP contribution in [-0.4, -0.2) is 17.0 Å². The van der Waals surface area contributed by atoms with E-state index >= 15 is 0 Å². The van der Waals surface area contributed by atoms with Gasteiger partial charge < -0.3 is 10.1 Å². The van der Waals surface area contributed by atoms with Crippen LogP contribution >= 0.6 is 11.6 Å². The number of rotatable bonds is 5. The van der Waals surface area contributed by atoms with Gasteiger partial charge in [0, 0.05) is 18.5 Å². The van der Waals surface area contributed by atoms with Gasteiger partial charge in [0.2, 0.25) is 5.88 Å². The Balaban J connectivity index is 2.38. The Bertz CT molecular complexity index is 644. The lowest BCUT2D eigenvalue weighted by Gasteiger charge is -2.13. The molecule has 2 rings (SSSR count). The number of nitrogens with zero attached hydrogens (tertiary/aromatic N) is 2. The number of ether oxygens (including phenoxy) is 1. The zero-order valence-electron chi connectivity index (χ0n) is 12.8. The number of hydrogen-bond acceptors (Lipinski definition) is 4. The van der Waals surface area contributed by atoms with E-state index in [1.54, 1.807) is 0 Å². The molecule has 0 saturated heterocycles. The third kappa shape index (κ3) is 3.45. The molecular weight excluding hydrogens is 286 g/mol. The standard InChI is InChI=1S/C16H20ClN3O/c1-5-11-9-12(7-8-13(11)17)21-16-10(3)15(18-4)19-14(6-2)20-16/h7-9H,5-6H2,1-4H3,(H,18,19,20). The first-order valence-corrected chi connectivity index (χ1v) is 7.48. The molecule has 0 unspecified atom stereocenters. The van der Waals surface area contributed by atoms with Crippen molar-refractivity contribution in [3.05, 3.63) is 40.2 Å². The van der Waals surface area contributed by atoms with Crippen LogP contribution in [0.2, 0.25) is 5.02 Å². The van der Waals surface area contributed by atoms with Crippen LogP contribution in [0.25, 0.3) is 0 Å². The maximum atomic E-state index is 6.13. The van der Waals surface area contributed by atoms with Gasteiger partial charge in [0.1, 0.15) is 17.4 Å². The summed E-state index contributed by atoms with van der Waals surface area (Å²) in [4.78, 5) is 8.90. The van der Waals surface area contributed by atoms with E-state index in [0.29, 0.717) is 5.88 Å². The van der Waals surface area contributed by atoms with Crippen LogP contribution < -0.4 is 10.1 Å². The van der Waals surface area contributed by atoms with Gasteiger partial charge >= 0.3 is 0 Å². The number of aromatic nitrogens is 2. The summed E-state index contributed by atoms with van der Waals surface area (Å²) in [7, 11) is 1.84. The molecule has 21 heavy (non-hydrogen) atoms. The molecule has 5 heteroatoms. The minimum absolute atomic E-state index is 0.579. The molecule has 0 bridgehead atoms. The van der Waals surface area contributed by atoms with Crippen LogP contribution in [0.5, 0.6) is 11.6 Å². The quantitative estimate of drug-likeness (QED) is 0.889. The van der Waals surface area contributed by atoms with Gasteiger partial charge in [0.25, 0.3) is 0 Å². The second-order valence-electron chi connectivity index (χ2n) is 4.73. The third-order valence-corrected chi connectivity index (χ3v) is 3.68. The Hall–Kier alpha value is -1.81. The number of anilines is 1. The SMILES string of the molecule is CCc1nc(NC)c(C)c(Oc2ccc(Cl)c(CC)c2)n1. The molecule has 1 N–H and O–H groups in total. The predicted molar refractivity (Wildman–Crippen MR) is 86.6 cm³/mol. The average molecular weight is 306 g/mol. The maximum Gasteiger partial charge on any atom is 0.227 e. The summed E-state index contributed by atoms with van der Waals surface area (Å²) < 4.78 is 5.94. The van der Waals surface area contributed by atoms with E-state index < -0.39 is 0 Å². The lowest BCUT2D eigenvalue weighted by Crippen LogP contribution is -2.04. The van der Waals surface area contributed by atoms with Crippen molar-refractivity contribution >= 4 is 17.4 Å². The van der Waals surface area contributed by atoms with Crippen LogP contribution in [0, 0.1) is 6.92 Å². The van der Waals surface area contributed by atoms with Crippen LogP contribution in [0.15, 0.2) is 18.2 Å². The van der Waals surface area contributed by atoms with E-state index in [9.17, 15) is 0 Å². The molecule has 0 atom stereocenters. The summed E-state index contributed by atoms with van der Waals surface area (Å²) >= 11 is 6.13. The Kier molecular flexibility index (Phi) is 5.02. The highest BCUT2D eigenvalue weighted by atomic mass is 35.5. The Labute approximate surface area is 130 Å². The van der Waals surface area contributed by atoms with Gasteiger partial charge in [0.15, 0.2) is 0 Å². The third-order valence-electron chi connectivity index (χ3n) is 3.31. The zero-order chi connectivity index (χ0) is 15.4. The van der Waals surface area contributed by atoms with Gasteiger partial charge in [-0.2, -0.15) is 4.98 Å². The molecular formula is C16H20ClN3O. The second kappa shape index (κ2) is 6.76. The average Bonchev–Trinajstić information content (AvgIpc) is 2.51. The number of halogens is 1. The smallest absolute Gasteiger partial charge is 0.227 e. The van der Waals surface area contributed by atoms with E-state index in [2.05, 4.69) is 22.2 Å². The number of hydrogen-bond donors (Lipinski definition) is 1. The van der Waals surface area contributed by atoms with E-state index in [4.69, 9.17) is 16.3 Å². The Morgan fingerprint density at radius 1 is 1.19 bits per heavy atom. The Morgan fingerprint density at radius 3 is 2.57 bits per heavy atom. The first-order valence-electron chi connectivity index (χ1n) is 7.10. The van der Waals surface area contributed by atoms with Crippen molar-refractivity contribution in [1.29, 1.82) is 0 Å². The summed E-state index contributed by atoms with van der Waals surface area (Å²) in [6.45, 7) is 6.03. The molecule has 4 nitrogen and oxygen atoms in total. The zero-order valence-corrected chi connectivity index (χ0v) is 13.6. The van der Waals surface area contributed by atoms with Gasteiger partial charge in [-0.3, -0.25) is 0 Å². The largest absolute Gasteiger partial charge is 0.439 e. The second-order valence-corrected chi connectivity index (χ2v) is 5.14. The van der Waals surface area contributed by atoms with Crippen LogP contribution in [-0.2, 0) is 12.8 Å². The van der Waals surface area contributed by atoms with Gasteiger partial charge in [0.05, 0.1) is 5.56 Å². The molecule has 1 aromatic heterocycles. The molecule has 1 aromatic carbocycles. The molecule has 0 aliphatic carbocycles.